The lowest BCUT2D eigenvalue weighted by Gasteiger charge is -2.19. The SMILES string of the molecule is Cc1ccccc1CC(Cl)c1ccc2c(c1)CCCO2. The summed E-state index contributed by atoms with van der Waals surface area (Å²) in [6.07, 6.45) is 3.06. The van der Waals surface area contributed by atoms with Gasteiger partial charge in [0, 0.05) is 0 Å². The Balaban J connectivity index is 1.80. The first-order chi connectivity index (χ1) is 9.74. The van der Waals surface area contributed by atoms with Gasteiger partial charge in [-0.1, -0.05) is 36.4 Å². The van der Waals surface area contributed by atoms with Crippen molar-refractivity contribution in [2.45, 2.75) is 31.6 Å². The van der Waals surface area contributed by atoms with Gasteiger partial charge in [-0.3, -0.25) is 0 Å². The van der Waals surface area contributed by atoms with E-state index in [2.05, 4.69) is 49.4 Å². The van der Waals surface area contributed by atoms with E-state index in [-0.39, 0.29) is 5.38 Å². The van der Waals surface area contributed by atoms with Gasteiger partial charge in [0.15, 0.2) is 0 Å². The number of rotatable bonds is 3. The molecule has 0 bridgehead atoms. The molecule has 1 aliphatic heterocycles. The van der Waals surface area contributed by atoms with Crippen molar-refractivity contribution in [2.75, 3.05) is 6.61 Å². The molecule has 0 spiro atoms. The summed E-state index contributed by atoms with van der Waals surface area (Å²) in [6, 6.07) is 14.8. The van der Waals surface area contributed by atoms with E-state index < -0.39 is 0 Å². The van der Waals surface area contributed by atoms with E-state index in [4.69, 9.17) is 16.3 Å². The molecule has 1 nitrogen and oxygen atoms in total. The molecule has 3 rings (SSSR count). The summed E-state index contributed by atoms with van der Waals surface area (Å²) in [5.41, 5.74) is 5.12. The second kappa shape index (κ2) is 5.88. The summed E-state index contributed by atoms with van der Waals surface area (Å²) in [7, 11) is 0. The lowest BCUT2D eigenvalue weighted by atomic mass is 9.97. The Morgan fingerprint density at radius 2 is 2.05 bits per heavy atom. The predicted molar refractivity (Wildman–Crippen MR) is 83.7 cm³/mol. The van der Waals surface area contributed by atoms with Gasteiger partial charge in [0.05, 0.1) is 12.0 Å². The van der Waals surface area contributed by atoms with Crippen LogP contribution in [0.4, 0.5) is 0 Å². The number of hydrogen-bond acceptors (Lipinski definition) is 1. The number of ether oxygens (including phenoxy) is 1. The largest absolute Gasteiger partial charge is 0.493 e. The van der Waals surface area contributed by atoms with Gasteiger partial charge in [0.25, 0.3) is 0 Å². The van der Waals surface area contributed by atoms with E-state index in [0.717, 1.165) is 31.6 Å². The Bertz CT molecular complexity index is 606. The lowest BCUT2D eigenvalue weighted by molar-refractivity contribution is 0.288. The van der Waals surface area contributed by atoms with Gasteiger partial charge in [-0.15, -0.1) is 11.6 Å². The number of fused-ring (bicyclic) bond motifs is 1. The van der Waals surface area contributed by atoms with Crippen LogP contribution in [0.1, 0.15) is 34.1 Å². The molecule has 0 fully saturated rings. The fourth-order valence-electron chi connectivity index (χ4n) is 2.73. The van der Waals surface area contributed by atoms with Crippen molar-refractivity contribution >= 4 is 11.6 Å². The van der Waals surface area contributed by atoms with Crippen LogP contribution in [-0.2, 0) is 12.8 Å². The quantitative estimate of drug-likeness (QED) is 0.734. The van der Waals surface area contributed by atoms with Crippen LogP contribution in [0, 0.1) is 6.92 Å². The van der Waals surface area contributed by atoms with Crippen molar-refractivity contribution in [3.05, 3.63) is 64.7 Å². The van der Waals surface area contributed by atoms with Crippen molar-refractivity contribution in [1.82, 2.24) is 0 Å². The van der Waals surface area contributed by atoms with Crippen LogP contribution in [0.3, 0.4) is 0 Å². The maximum Gasteiger partial charge on any atom is 0.122 e. The van der Waals surface area contributed by atoms with Crippen LogP contribution in [0.25, 0.3) is 0 Å². The topological polar surface area (TPSA) is 9.23 Å². The molecule has 104 valence electrons. The van der Waals surface area contributed by atoms with Gasteiger partial charge in [-0.05, 0) is 54.5 Å². The Morgan fingerprint density at radius 1 is 1.20 bits per heavy atom. The van der Waals surface area contributed by atoms with Gasteiger partial charge in [-0.25, -0.2) is 0 Å². The van der Waals surface area contributed by atoms with Gasteiger partial charge in [0.2, 0.25) is 0 Å². The zero-order valence-corrected chi connectivity index (χ0v) is 12.5. The molecule has 0 aromatic heterocycles. The molecule has 0 saturated heterocycles. The van der Waals surface area contributed by atoms with Crippen LogP contribution in [-0.4, -0.2) is 6.61 Å². The molecule has 1 aliphatic rings. The van der Waals surface area contributed by atoms with E-state index >= 15 is 0 Å². The number of hydrogen-bond donors (Lipinski definition) is 0. The molecule has 2 heteroatoms. The van der Waals surface area contributed by atoms with Crippen LogP contribution in [0.2, 0.25) is 0 Å². The minimum absolute atomic E-state index is 0.0170. The monoisotopic (exact) mass is 286 g/mol. The second-order valence-corrected chi connectivity index (χ2v) is 5.94. The van der Waals surface area contributed by atoms with Crippen molar-refractivity contribution in [3.8, 4) is 5.75 Å². The second-order valence-electron chi connectivity index (χ2n) is 5.42. The highest BCUT2D eigenvalue weighted by atomic mass is 35.5. The summed E-state index contributed by atoms with van der Waals surface area (Å²) in [5, 5.41) is 0.0170. The minimum Gasteiger partial charge on any atom is -0.493 e. The van der Waals surface area contributed by atoms with Gasteiger partial charge in [0.1, 0.15) is 5.75 Å². The molecular weight excluding hydrogens is 268 g/mol. The molecule has 0 amide bonds. The fourth-order valence-corrected chi connectivity index (χ4v) is 3.03. The van der Waals surface area contributed by atoms with E-state index in [9.17, 15) is 0 Å². The van der Waals surface area contributed by atoms with E-state index in [1.165, 1.54) is 22.3 Å². The Kier molecular flexibility index (Phi) is 3.98. The normalized spacial score (nSPS) is 15.3. The maximum atomic E-state index is 6.61. The number of aryl methyl sites for hydroxylation is 2. The molecule has 0 saturated carbocycles. The molecule has 0 radical (unpaired) electrons. The first-order valence-corrected chi connectivity index (χ1v) is 7.62. The highest BCUT2D eigenvalue weighted by Crippen LogP contribution is 2.32. The Morgan fingerprint density at radius 3 is 2.90 bits per heavy atom. The average Bonchev–Trinajstić information content (AvgIpc) is 2.49. The smallest absolute Gasteiger partial charge is 0.122 e. The van der Waals surface area contributed by atoms with Crippen molar-refractivity contribution < 1.29 is 4.74 Å². The summed E-state index contributed by atoms with van der Waals surface area (Å²) >= 11 is 6.61. The molecule has 2 aromatic carbocycles. The lowest BCUT2D eigenvalue weighted by Crippen LogP contribution is -2.09. The fraction of sp³-hybridized carbons (Fsp3) is 0.333. The molecule has 1 heterocycles. The van der Waals surface area contributed by atoms with Crippen LogP contribution in [0.5, 0.6) is 5.75 Å². The first-order valence-electron chi connectivity index (χ1n) is 7.18. The van der Waals surface area contributed by atoms with E-state index in [1.54, 1.807) is 0 Å². The predicted octanol–water partition coefficient (Wildman–Crippen LogP) is 4.84. The highest BCUT2D eigenvalue weighted by Gasteiger charge is 2.15. The molecule has 20 heavy (non-hydrogen) atoms. The summed E-state index contributed by atoms with van der Waals surface area (Å²) in [6.45, 7) is 2.97. The molecule has 0 aliphatic carbocycles. The molecular formula is C18H19ClO. The molecule has 0 N–H and O–H groups in total. The van der Waals surface area contributed by atoms with Gasteiger partial charge < -0.3 is 4.74 Å². The third kappa shape index (κ3) is 2.83. The van der Waals surface area contributed by atoms with Crippen LogP contribution in [0.15, 0.2) is 42.5 Å². The zero-order valence-electron chi connectivity index (χ0n) is 11.7. The van der Waals surface area contributed by atoms with Gasteiger partial charge in [-0.2, -0.15) is 0 Å². The number of halogens is 1. The number of benzene rings is 2. The average molecular weight is 287 g/mol. The molecule has 1 unspecified atom stereocenters. The van der Waals surface area contributed by atoms with Crippen LogP contribution >= 0.6 is 11.6 Å². The first kappa shape index (κ1) is 13.5. The standard InChI is InChI=1S/C18H19ClO/c1-13-5-2-3-6-14(13)12-17(19)15-8-9-18-16(11-15)7-4-10-20-18/h2-3,5-6,8-9,11,17H,4,7,10,12H2,1H3. The van der Waals surface area contributed by atoms with Crippen molar-refractivity contribution in [2.24, 2.45) is 0 Å². The third-order valence-corrected chi connectivity index (χ3v) is 4.36. The summed E-state index contributed by atoms with van der Waals surface area (Å²) in [4.78, 5) is 0. The highest BCUT2D eigenvalue weighted by molar-refractivity contribution is 6.21. The summed E-state index contributed by atoms with van der Waals surface area (Å²) < 4.78 is 5.65. The van der Waals surface area contributed by atoms with E-state index in [1.807, 2.05) is 0 Å². The van der Waals surface area contributed by atoms with Crippen LogP contribution < -0.4 is 4.74 Å². The molecule has 2 aromatic rings. The Hall–Kier alpha value is -1.47. The van der Waals surface area contributed by atoms with Crippen molar-refractivity contribution in [1.29, 1.82) is 0 Å². The maximum absolute atomic E-state index is 6.61. The zero-order chi connectivity index (χ0) is 13.9. The minimum atomic E-state index is 0.0170. The molecule has 1 atom stereocenters. The van der Waals surface area contributed by atoms with Gasteiger partial charge >= 0.3 is 0 Å². The van der Waals surface area contributed by atoms with E-state index in [0.29, 0.717) is 0 Å². The Labute approximate surface area is 125 Å². The summed E-state index contributed by atoms with van der Waals surface area (Å²) in [5.74, 6) is 1.03. The third-order valence-electron chi connectivity index (χ3n) is 3.95. The van der Waals surface area contributed by atoms with Crippen molar-refractivity contribution in [3.63, 3.8) is 0 Å². The number of alkyl halides is 1.